The van der Waals surface area contributed by atoms with Gasteiger partial charge in [0.2, 0.25) is 0 Å². The first kappa shape index (κ1) is 12.2. The molecule has 1 aliphatic heterocycles. The van der Waals surface area contributed by atoms with E-state index in [4.69, 9.17) is 5.73 Å². The predicted octanol–water partition coefficient (Wildman–Crippen LogP) is 3.27. The van der Waals surface area contributed by atoms with Gasteiger partial charge in [0.1, 0.15) is 0 Å². The van der Waals surface area contributed by atoms with E-state index < -0.39 is 0 Å². The summed E-state index contributed by atoms with van der Waals surface area (Å²) in [5.74, 6) is 0. The molecule has 0 spiro atoms. The molecule has 2 N–H and O–H groups in total. The van der Waals surface area contributed by atoms with Crippen molar-refractivity contribution < 1.29 is 0 Å². The van der Waals surface area contributed by atoms with Crippen LogP contribution in [0.1, 0.15) is 18.1 Å². The van der Waals surface area contributed by atoms with Crippen LogP contribution in [0.25, 0.3) is 0 Å². The zero-order valence-electron chi connectivity index (χ0n) is 11.3. The van der Waals surface area contributed by atoms with Gasteiger partial charge in [-0.3, -0.25) is 0 Å². The molecule has 3 rings (SSSR count). The molecule has 1 atom stereocenters. The second kappa shape index (κ2) is 5.06. The molecule has 0 saturated heterocycles. The number of hydrogen-bond acceptors (Lipinski definition) is 2. The van der Waals surface area contributed by atoms with Gasteiger partial charge in [0, 0.05) is 24.0 Å². The van der Waals surface area contributed by atoms with E-state index in [9.17, 15) is 0 Å². The van der Waals surface area contributed by atoms with Gasteiger partial charge in [0.05, 0.1) is 0 Å². The summed E-state index contributed by atoms with van der Waals surface area (Å²) in [4.78, 5) is 2.42. The molecule has 2 nitrogen and oxygen atoms in total. The third-order valence-corrected chi connectivity index (χ3v) is 3.71. The number of nitrogens with two attached hydrogens (primary N) is 1. The van der Waals surface area contributed by atoms with Crippen molar-refractivity contribution >= 4 is 11.4 Å². The Morgan fingerprint density at radius 1 is 1.05 bits per heavy atom. The Kier molecular flexibility index (Phi) is 3.26. The second-order valence-electron chi connectivity index (χ2n) is 5.34. The van der Waals surface area contributed by atoms with Crippen molar-refractivity contribution in [2.24, 2.45) is 5.73 Å². The molecule has 1 heterocycles. The van der Waals surface area contributed by atoms with Gasteiger partial charge in [-0.2, -0.15) is 0 Å². The van der Waals surface area contributed by atoms with Crippen LogP contribution in [0.2, 0.25) is 0 Å². The molecule has 0 amide bonds. The fourth-order valence-electron chi connectivity index (χ4n) is 2.88. The quantitative estimate of drug-likeness (QED) is 0.908. The van der Waals surface area contributed by atoms with Crippen LogP contribution in [0, 0.1) is 0 Å². The lowest BCUT2D eigenvalue weighted by atomic mass is 10.0. The van der Waals surface area contributed by atoms with E-state index in [-0.39, 0.29) is 6.04 Å². The van der Waals surface area contributed by atoms with Gasteiger partial charge in [-0.15, -0.1) is 0 Å². The van der Waals surface area contributed by atoms with E-state index in [0.29, 0.717) is 0 Å². The van der Waals surface area contributed by atoms with Crippen LogP contribution in [0.4, 0.5) is 11.4 Å². The summed E-state index contributed by atoms with van der Waals surface area (Å²) < 4.78 is 0. The molecule has 98 valence electrons. The lowest BCUT2D eigenvalue weighted by Gasteiger charge is -2.23. The molecule has 0 bridgehead atoms. The normalized spacial score (nSPS) is 15.4. The van der Waals surface area contributed by atoms with E-state index in [1.165, 1.54) is 22.5 Å². The van der Waals surface area contributed by atoms with Crippen molar-refractivity contribution in [3.8, 4) is 0 Å². The first-order valence-electron chi connectivity index (χ1n) is 6.94. The molecule has 1 unspecified atom stereocenters. The number of anilines is 2. The molecule has 2 aromatic carbocycles. The van der Waals surface area contributed by atoms with Crippen LogP contribution in [0.5, 0.6) is 0 Å². The molecule has 0 aliphatic carbocycles. The summed E-state index contributed by atoms with van der Waals surface area (Å²) >= 11 is 0. The topological polar surface area (TPSA) is 29.3 Å². The summed E-state index contributed by atoms with van der Waals surface area (Å²) in [6.45, 7) is 3.13. The van der Waals surface area contributed by atoms with Crippen molar-refractivity contribution in [1.82, 2.24) is 0 Å². The highest BCUT2D eigenvalue weighted by Gasteiger charge is 2.21. The van der Waals surface area contributed by atoms with Crippen LogP contribution in [-0.2, 0) is 12.8 Å². The standard InChI is InChI=1S/C17H20N2/c1-13(18)12-15-7-3-5-9-17(15)19-11-10-14-6-2-4-8-16(14)19/h2-9,13H,10-12,18H2,1H3. The third kappa shape index (κ3) is 2.36. The molecular formula is C17H20N2. The molecule has 0 radical (unpaired) electrons. The van der Waals surface area contributed by atoms with Gasteiger partial charge in [-0.05, 0) is 43.0 Å². The minimum atomic E-state index is 0.194. The van der Waals surface area contributed by atoms with Crippen LogP contribution >= 0.6 is 0 Å². The summed E-state index contributed by atoms with van der Waals surface area (Å²) in [6.07, 6.45) is 2.05. The first-order chi connectivity index (χ1) is 9.25. The number of hydrogen-bond donors (Lipinski definition) is 1. The molecular weight excluding hydrogens is 232 g/mol. The average Bonchev–Trinajstić information content (AvgIpc) is 2.82. The number of fused-ring (bicyclic) bond motifs is 1. The van der Waals surface area contributed by atoms with Gasteiger partial charge >= 0.3 is 0 Å². The number of benzene rings is 2. The minimum absolute atomic E-state index is 0.194. The molecule has 0 saturated carbocycles. The summed E-state index contributed by atoms with van der Waals surface area (Å²) in [6, 6.07) is 17.5. The van der Waals surface area contributed by atoms with Crippen LogP contribution in [0.15, 0.2) is 48.5 Å². The average molecular weight is 252 g/mol. The Bertz CT molecular complexity index is 575. The molecule has 0 aromatic heterocycles. The smallest absolute Gasteiger partial charge is 0.0444 e. The summed E-state index contributed by atoms with van der Waals surface area (Å²) in [5, 5.41) is 0. The monoisotopic (exact) mass is 252 g/mol. The van der Waals surface area contributed by atoms with Gasteiger partial charge < -0.3 is 10.6 Å². The van der Waals surface area contributed by atoms with Crippen LogP contribution < -0.4 is 10.6 Å². The Hall–Kier alpha value is -1.80. The van der Waals surface area contributed by atoms with Crippen molar-refractivity contribution in [1.29, 1.82) is 0 Å². The van der Waals surface area contributed by atoms with Crippen molar-refractivity contribution in [3.05, 3.63) is 59.7 Å². The maximum Gasteiger partial charge on any atom is 0.0444 e. The van der Waals surface area contributed by atoms with E-state index in [1.54, 1.807) is 0 Å². The Morgan fingerprint density at radius 3 is 2.53 bits per heavy atom. The fourth-order valence-corrected chi connectivity index (χ4v) is 2.88. The van der Waals surface area contributed by atoms with Gasteiger partial charge in [-0.25, -0.2) is 0 Å². The maximum absolute atomic E-state index is 5.97. The van der Waals surface area contributed by atoms with Gasteiger partial charge in [0.15, 0.2) is 0 Å². The van der Waals surface area contributed by atoms with E-state index >= 15 is 0 Å². The van der Waals surface area contributed by atoms with Crippen molar-refractivity contribution in [2.45, 2.75) is 25.8 Å². The minimum Gasteiger partial charge on any atom is -0.341 e. The Morgan fingerprint density at radius 2 is 1.74 bits per heavy atom. The zero-order valence-corrected chi connectivity index (χ0v) is 11.3. The van der Waals surface area contributed by atoms with Crippen LogP contribution in [-0.4, -0.2) is 12.6 Å². The summed E-state index contributed by atoms with van der Waals surface area (Å²) in [7, 11) is 0. The van der Waals surface area contributed by atoms with E-state index in [0.717, 1.165) is 19.4 Å². The molecule has 2 heteroatoms. The first-order valence-corrected chi connectivity index (χ1v) is 6.94. The predicted molar refractivity (Wildman–Crippen MR) is 80.9 cm³/mol. The number of nitrogens with zero attached hydrogens (tertiary/aromatic N) is 1. The van der Waals surface area contributed by atoms with Crippen molar-refractivity contribution in [2.75, 3.05) is 11.4 Å². The zero-order chi connectivity index (χ0) is 13.2. The van der Waals surface area contributed by atoms with Gasteiger partial charge in [0.25, 0.3) is 0 Å². The largest absolute Gasteiger partial charge is 0.341 e. The number of rotatable bonds is 3. The molecule has 0 fully saturated rings. The SMILES string of the molecule is CC(N)Cc1ccccc1N1CCc2ccccc21. The molecule has 2 aromatic rings. The Labute approximate surface area is 114 Å². The maximum atomic E-state index is 5.97. The number of para-hydroxylation sites is 2. The van der Waals surface area contributed by atoms with Gasteiger partial charge in [-0.1, -0.05) is 36.4 Å². The van der Waals surface area contributed by atoms with Crippen molar-refractivity contribution in [3.63, 3.8) is 0 Å². The lowest BCUT2D eigenvalue weighted by Crippen LogP contribution is -2.21. The highest BCUT2D eigenvalue weighted by molar-refractivity contribution is 5.72. The summed E-state index contributed by atoms with van der Waals surface area (Å²) in [5.41, 5.74) is 11.4. The highest BCUT2D eigenvalue weighted by Crippen LogP contribution is 2.36. The van der Waals surface area contributed by atoms with E-state index in [2.05, 4.69) is 60.4 Å². The van der Waals surface area contributed by atoms with Crippen LogP contribution in [0.3, 0.4) is 0 Å². The Balaban J connectivity index is 2.00. The van der Waals surface area contributed by atoms with E-state index in [1.807, 2.05) is 0 Å². The molecule has 1 aliphatic rings. The molecule has 19 heavy (non-hydrogen) atoms. The lowest BCUT2D eigenvalue weighted by molar-refractivity contribution is 0.736. The fraction of sp³-hybridized carbons (Fsp3) is 0.294. The highest BCUT2D eigenvalue weighted by atomic mass is 15.2. The third-order valence-electron chi connectivity index (χ3n) is 3.71. The second-order valence-corrected chi connectivity index (χ2v) is 5.34.